The topological polar surface area (TPSA) is 251 Å². The summed E-state index contributed by atoms with van der Waals surface area (Å²) in [7, 11) is -8.81. The van der Waals surface area contributed by atoms with Gasteiger partial charge in [0, 0.05) is 0 Å². The van der Waals surface area contributed by atoms with E-state index in [-0.39, 0.29) is 12.3 Å². The Bertz CT molecular complexity index is 326. The molecule has 0 aliphatic rings. The van der Waals surface area contributed by atoms with Gasteiger partial charge in [-0.15, -0.1) is 0 Å². The molecule has 0 aromatic heterocycles. The molecule has 0 aromatic rings. The molecule has 12 nitrogen and oxygen atoms in total. The Labute approximate surface area is 102 Å². The lowest BCUT2D eigenvalue weighted by Gasteiger charge is -1.96. The number of phosphoric acid groups is 2. The summed E-state index contributed by atoms with van der Waals surface area (Å²) in [5.74, 6) is 0. The molecule has 0 aromatic carbocycles. The van der Waals surface area contributed by atoms with Crippen LogP contribution in [0.15, 0.2) is 0 Å². The molecule has 0 amide bonds. The van der Waals surface area contributed by atoms with Crippen molar-refractivity contribution in [1.82, 2.24) is 12.3 Å². The third-order valence-corrected chi connectivity index (χ3v) is 1.53. The van der Waals surface area contributed by atoms with Crippen molar-refractivity contribution < 1.29 is 37.8 Å². The van der Waals surface area contributed by atoms with E-state index in [0.29, 0.717) is 0 Å². The van der Waals surface area contributed by atoms with Crippen molar-refractivity contribution in [2.75, 3.05) is 13.2 Å². The molecule has 14 heteroatoms. The molecule has 0 spiro atoms. The summed E-state index contributed by atoms with van der Waals surface area (Å²) in [5.41, 5.74) is 0. The predicted octanol–water partition coefficient (Wildman–Crippen LogP) is -0.437. The van der Waals surface area contributed by atoms with Crippen LogP contribution in [0.5, 0.6) is 0 Å². The van der Waals surface area contributed by atoms with Gasteiger partial charge in [-0.05, 0) is 0 Å². The van der Waals surface area contributed by atoms with Crippen LogP contribution in [0.1, 0.15) is 0 Å². The molecule has 0 unspecified atom stereocenters. The second-order valence-electron chi connectivity index (χ2n) is 1.84. The Morgan fingerprint density at radius 2 is 1.06 bits per heavy atom. The van der Waals surface area contributed by atoms with Crippen molar-refractivity contribution in [3.05, 3.63) is 0 Å². The molecule has 0 aliphatic heterocycles. The molecule has 0 radical (unpaired) electrons. The molecule has 0 fully saturated rings. The molecule has 0 saturated carbocycles. The van der Waals surface area contributed by atoms with Gasteiger partial charge in [-0.1, -0.05) is 0 Å². The molecule has 0 aliphatic carbocycles. The smallest absolute Gasteiger partial charge is 0.344 e. The standard InChI is InChI=1S/2C2H4NO4P.2H3N/c2*3-1-2-7-8(4,5)6;;/h2*2H2,(H2,4,5,6);2*1H3. The Kier molecular flexibility index (Phi) is 18.1. The summed E-state index contributed by atoms with van der Waals surface area (Å²) in [5, 5.41) is 15.4. The number of nitrogens with zero attached hydrogens (tertiary/aromatic N) is 2. The highest BCUT2D eigenvalue weighted by Gasteiger charge is 2.12. The van der Waals surface area contributed by atoms with Gasteiger partial charge >= 0.3 is 15.6 Å². The normalized spacial score (nSPS) is 9.44. The first-order chi connectivity index (χ1) is 7.12. The van der Waals surface area contributed by atoms with Gasteiger partial charge in [-0.3, -0.25) is 9.05 Å². The molecular weight excluding hydrogens is 294 g/mol. The average Bonchev–Trinajstić information content (AvgIpc) is 2.10. The quantitative estimate of drug-likeness (QED) is 0.361. The van der Waals surface area contributed by atoms with Crippen LogP contribution in [-0.4, -0.2) is 32.8 Å². The monoisotopic (exact) mass is 308 g/mol. The minimum absolute atomic E-state index is 0. The van der Waals surface area contributed by atoms with Crippen molar-refractivity contribution in [3.63, 3.8) is 0 Å². The Hall–Kier alpha value is -0.880. The number of hydrogen-bond acceptors (Lipinski definition) is 8. The summed E-state index contributed by atoms with van der Waals surface area (Å²) < 4.78 is 26.8. The zero-order valence-corrected chi connectivity index (χ0v) is 10.8. The summed E-state index contributed by atoms with van der Waals surface area (Å²) in [6.07, 6.45) is 0. The van der Waals surface area contributed by atoms with E-state index in [1.165, 1.54) is 12.1 Å². The van der Waals surface area contributed by atoms with Crippen LogP contribution in [0.2, 0.25) is 0 Å². The second kappa shape index (κ2) is 12.6. The Balaban J connectivity index is -0.0000000980. The highest BCUT2D eigenvalue weighted by molar-refractivity contribution is 7.46. The molecule has 0 atom stereocenters. The third kappa shape index (κ3) is 36.2. The first-order valence-electron chi connectivity index (χ1n) is 3.26. The van der Waals surface area contributed by atoms with Crippen LogP contribution in [-0.2, 0) is 18.2 Å². The van der Waals surface area contributed by atoms with Crippen LogP contribution in [0, 0.1) is 22.7 Å². The molecule has 0 bridgehead atoms. The van der Waals surface area contributed by atoms with Gasteiger partial charge in [-0.2, -0.15) is 10.5 Å². The fourth-order valence-corrected chi connectivity index (χ4v) is 0.678. The number of hydrogen-bond donors (Lipinski definition) is 6. The van der Waals surface area contributed by atoms with E-state index in [1.807, 2.05) is 0 Å². The molecule has 18 heavy (non-hydrogen) atoms. The number of rotatable bonds is 4. The second-order valence-corrected chi connectivity index (χ2v) is 4.32. The molecule has 0 rings (SSSR count). The minimum Gasteiger partial charge on any atom is -0.344 e. The third-order valence-electron chi connectivity index (χ3n) is 0.595. The van der Waals surface area contributed by atoms with Crippen LogP contribution in [0.25, 0.3) is 0 Å². The van der Waals surface area contributed by atoms with Gasteiger partial charge in [0.25, 0.3) is 0 Å². The largest absolute Gasteiger partial charge is 0.470 e. The van der Waals surface area contributed by atoms with E-state index >= 15 is 0 Å². The first kappa shape index (κ1) is 25.8. The molecule has 10 N–H and O–H groups in total. The highest BCUT2D eigenvalue weighted by Crippen LogP contribution is 2.35. The molecule has 0 heterocycles. The predicted molar refractivity (Wildman–Crippen MR) is 57.3 cm³/mol. The van der Waals surface area contributed by atoms with Crippen molar-refractivity contribution in [2.24, 2.45) is 0 Å². The lowest BCUT2D eigenvalue weighted by molar-refractivity contribution is 0.216. The van der Waals surface area contributed by atoms with Gasteiger partial charge in [-0.25, -0.2) is 9.13 Å². The Morgan fingerprint density at radius 3 is 1.11 bits per heavy atom. The van der Waals surface area contributed by atoms with E-state index in [2.05, 4.69) is 9.05 Å². The Morgan fingerprint density at radius 1 is 0.833 bits per heavy atom. The van der Waals surface area contributed by atoms with E-state index in [4.69, 9.17) is 30.1 Å². The summed E-state index contributed by atoms with van der Waals surface area (Å²) in [4.78, 5) is 31.5. The van der Waals surface area contributed by atoms with Crippen LogP contribution >= 0.6 is 15.6 Å². The summed E-state index contributed by atoms with van der Waals surface area (Å²) in [6, 6.07) is 2.82. The van der Waals surface area contributed by atoms with Gasteiger partial charge < -0.3 is 31.9 Å². The SMILES string of the molecule is N.N.N#CCOP(=O)(O)O.N#CCOP(=O)(O)O. The summed E-state index contributed by atoms with van der Waals surface area (Å²) in [6.45, 7) is -1.16. The average molecular weight is 308 g/mol. The van der Waals surface area contributed by atoms with Gasteiger partial charge in [0.05, 0.1) is 12.1 Å². The number of phosphoric ester groups is 2. The number of nitriles is 2. The van der Waals surface area contributed by atoms with Crippen LogP contribution < -0.4 is 12.3 Å². The summed E-state index contributed by atoms with van der Waals surface area (Å²) >= 11 is 0. The van der Waals surface area contributed by atoms with E-state index < -0.39 is 28.9 Å². The van der Waals surface area contributed by atoms with Crippen LogP contribution in [0.4, 0.5) is 0 Å². The van der Waals surface area contributed by atoms with E-state index in [9.17, 15) is 9.13 Å². The van der Waals surface area contributed by atoms with Gasteiger partial charge in [0.1, 0.15) is 13.2 Å². The van der Waals surface area contributed by atoms with Gasteiger partial charge in [0.15, 0.2) is 0 Å². The lowest BCUT2D eigenvalue weighted by atomic mass is 10.9. The minimum atomic E-state index is -4.40. The maximum Gasteiger partial charge on any atom is 0.470 e. The molecular formula is C4H14N4O8P2. The lowest BCUT2D eigenvalue weighted by Crippen LogP contribution is -1.86. The van der Waals surface area contributed by atoms with Crippen molar-refractivity contribution in [1.29, 1.82) is 10.5 Å². The molecule has 108 valence electrons. The zero-order valence-electron chi connectivity index (χ0n) is 9.04. The van der Waals surface area contributed by atoms with Gasteiger partial charge in [0.2, 0.25) is 0 Å². The van der Waals surface area contributed by atoms with Crippen molar-refractivity contribution in [2.45, 2.75) is 0 Å². The molecule has 0 saturated heterocycles. The van der Waals surface area contributed by atoms with E-state index in [1.54, 1.807) is 0 Å². The van der Waals surface area contributed by atoms with Crippen molar-refractivity contribution >= 4 is 15.6 Å². The van der Waals surface area contributed by atoms with Crippen LogP contribution in [0.3, 0.4) is 0 Å². The fraction of sp³-hybridized carbons (Fsp3) is 0.500. The van der Waals surface area contributed by atoms with Crippen molar-refractivity contribution in [3.8, 4) is 12.1 Å². The first-order valence-corrected chi connectivity index (χ1v) is 6.32. The van der Waals surface area contributed by atoms with E-state index in [0.717, 1.165) is 0 Å². The maximum atomic E-state index is 9.71. The fourth-order valence-electron chi connectivity index (χ4n) is 0.226. The highest BCUT2D eigenvalue weighted by atomic mass is 31.2. The maximum absolute atomic E-state index is 9.71. The zero-order chi connectivity index (χ0) is 13.2.